The first kappa shape index (κ1) is 14.3. The van der Waals surface area contributed by atoms with Crippen molar-refractivity contribution in [3.8, 4) is 0 Å². The van der Waals surface area contributed by atoms with Gasteiger partial charge in [0.15, 0.2) is 0 Å². The van der Waals surface area contributed by atoms with Crippen LogP contribution < -0.4 is 5.73 Å². The molecule has 0 aliphatic heterocycles. The topological polar surface area (TPSA) is 46.2 Å². The summed E-state index contributed by atoms with van der Waals surface area (Å²) in [6, 6.07) is 0. The van der Waals surface area contributed by atoms with Crippen LogP contribution in [0.5, 0.6) is 0 Å². The first-order valence-corrected chi connectivity index (χ1v) is 6.75. The number of unbranched alkanes of at least 4 members (excludes halogenated alkanes) is 2. The highest BCUT2D eigenvalue weighted by Crippen LogP contribution is 2.13. The average molecular weight is 219 g/mol. The van der Waals surface area contributed by atoms with Crippen LogP contribution in [0.3, 0.4) is 0 Å². The van der Waals surface area contributed by atoms with Gasteiger partial charge in [0.2, 0.25) is 0 Å². The van der Waals surface area contributed by atoms with Crippen molar-refractivity contribution < 1.29 is 5.11 Å². The summed E-state index contributed by atoms with van der Waals surface area (Å²) in [5, 5.41) is 8.94. The van der Waals surface area contributed by atoms with Crippen LogP contribution in [0.25, 0.3) is 0 Å². The minimum absolute atomic E-state index is 0.0932. The Hall–Kier alpha value is 0.270. The van der Waals surface area contributed by atoms with Gasteiger partial charge in [0.05, 0.1) is 6.61 Å². The molecule has 2 nitrogen and oxygen atoms in total. The van der Waals surface area contributed by atoms with Gasteiger partial charge in [-0.05, 0) is 37.7 Å². The maximum Gasteiger partial charge on any atom is 0.0608 e. The molecule has 1 unspecified atom stereocenters. The van der Waals surface area contributed by atoms with E-state index in [4.69, 9.17) is 10.8 Å². The van der Waals surface area contributed by atoms with Gasteiger partial charge in [-0.15, -0.1) is 0 Å². The van der Waals surface area contributed by atoms with Crippen LogP contribution in [0.15, 0.2) is 0 Å². The van der Waals surface area contributed by atoms with Crippen molar-refractivity contribution in [2.75, 3.05) is 18.1 Å². The van der Waals surface area contributed by atoms with Gasteiger partial charge in [0, 0.05) is 5.54 Å². The Morgan fingerprint density at radius 1 is 1.21 bits per heavy atom. The van der Waals surface area contributed by atoms with Crippen LogP contribution >= 0.6 is 11.8 Å². The molecule has 3 heteroatoms. The maximum absolute atomic E-state index is 8.94. The van der Waals surface area contributed by atoms with Crippen molar-refractivity contribution in [1.82, 2.24) is 0 Å². The molecule has 0 rings (SSSR count). The first-order valence-electron chi connectivity index (χ1n) is 5.60. The third-order valence-electron chi connectivity index (χ3n) is 2.29. The molecule has 0 aromatic heterocycles. The van der Waals surface area contributed by atoms with Crippen LogP contribution in [-0.4, -0.2) is 28.8 Å². The Balaban J connectivity index is 3.13. The summed E-state index contributed by atoms with van der Waals surface area (Å²) in [5.41, 5.74) is 5.45. The quantitative estimate of drug-likeness (QED) is 0.585. The third-order valence-corrected chi connectivity index (χ3v) is 3.44. The zero-order chi connectivity index (χ0) is 10.9. The highest BCUT2D eigenvalue weighted by Gasteiger charge is 2.15. The van der Waals surface area contributed by atoms with E-state index in [2.05, 4.69) is 6.92 Å². The van der Waals surface area contributed by atoms with Gasteiger partial charge in [-0.25, -0.2) is 0 Å². The normalized spacial score (nSPS) is 15.4. The van der Waals surface area contributed by atoms with Crippen LogP contribution in [0.2, 0.25) is 0 Å². The summed E-state index contributed by atoms with van der Waals surface area (Å²) in [6.45, 7) is 4.23. The highest BCUT2D eigenvalue weighted by molar-refractivity contribution is 7.99. The number of hydrogen-bond acceptors (Lipinski definition) is 3. The second-order valence-corrected chi connectivity index (χ2v) is 5.46. The van der Waals surface area contributed by atoms with E-state index in [1.807, 2.05) is 18.7 Å². The highest BCUT2D eigenvalue weighted by atomic mass is 32.2. The fourth-order valence-electron chi connectivity index (χ4n) is 1.16. The van der Waals surface area contributed by atoms with E-state index in [-0.39, 0.29) is 12.1 Å². The second-order valence-electron chi connectivity index (χ2n) is 4.24. The molecule has 1 atom stereocenters. The van der Waals surface area contributed by atoms with Gasteiger partial charge in [-0.2, -0.15) is 11.8 Å². The number of aliphatic hydroxyl groups excluding tert-OH is 1. The van der Waals surface area contributed by atoms with Crippen molar-refractivity contribution in [3.05, 3.63) is 0 Å². The molecule has 0 aromatic carbocycles. The number of aliphatic hydroxyl groups is 1. The fourth-order valence-corrected chi connectivity index (χ4v) is 2.27. The molecule has 0 amide bonds. The van der Waals surface area contributed by atoms with E-state index in [0.717, 1.165) is 12.8 Å². The van der Waals surface area contributed by atoms with Gasteiger partial charge in [0.1, 0.15) is 0 Å². The summed E-state index contributed by atoms with van der Waals surface area (Å²) in [7, 11) is 0. The Labute approximate surface area is 92.6 Å². The zero-order valence-corrected chi connectivity index (χ0v) is 10.4. The van der Waals surface area contributed by atoms with E-state index >= 15 is 0 Å². The first-order chi connectivity index (χ1) is 6.62. The number of nitrogens with two attached hydrogens (primary N) is 1. The van der Waals surface area contributed by atoms with Gasteiger partial charge >= 0.3 is 0 Å². The summed E-state index contributed by atoms with van der Waals surface area (Å²) in [6.07, 6.45) is 5.90. The van der Waals surface area contributed by atoms with E-state index in [1.54, 1.807) is 0 Å². The van der Waals surface area contributed by atoms with E-state index in [1.165, 1.54) is 30.8 Å². The van der Waals surface area contributed by atoms with Crippen molar-refractivity contribution in [2.24, 2.45) is 5.73 Å². The number of hydrogen-bond donors (Lipinski definition) is 2. The molecular weight excluding hydrogens is 194 g/mol. The molecule has 0 bridgehead atoms. The Bertz CT molecular complexity index is 128. The lowest BCUT2D eigenvalue weighted by atomic mass is 9.98. The lowest BCUT2D eigenvalue weighted by Gasteiger charge is -2.21. The Morgan fingerprint density at radius 3 is 2.43 bits per heavy atom. The summed E-state index contributed by atoms with van der Waals surface area (Å²) >= 11 is 2.03. The van der Waals surface area contributed by atoms with Crippen LogP contribution in [0.1, 0.15) is 46.0 Å². The molecule has 0 heterocycles. The van der Waals surface area contributed by atoms with E-state index in [9.17, 15) is 0 Å². The van der Waals surface area contributed by atoms with Crippen molar-refractivity contribution in [3.63, 3.8) is 0 Å². The minimum atomic E-state index is -0.367. The molecule has 3 N–H and O–H groups in total. The van der Waals surface area contributed by atoms with E-state index < -0.39 is 0 Å². The predicted octanol–water partition coefficient (Wildman–Crippen LogP) is 2.40. The second kappa shape index (κ2) is 8.57. The fraction of sp³-hybridized carbons (Fsp3) is 1.00. The summed E-state index contributed by atoms with van der Waals surface area (Å²) in [4.78, 5) is 0. The van der Waals surface area contributed by atoms with Gasteiger partial charge in [-0.3, -0.25) is 0 Å². The average Bonchev–Trinajstić information content (AvgIpc) is 2.16. The SMILES string of the molecule is CCCCSCCCCC(C)(N)CO. The standard InChI is InChI=1S/C11H25NOS/c1-3-4-8-14-9-6-5-7-11(2,12)10-13/h13H,3-10,12H2,1-2H3. The van der Waals surface area contributed by atoms with Gasteiger partial charge in [-0.1, -0.05) is 19.8 Å². The smallest absolute Gasteiger partial charge is 0.0608 e. The largest absolute Gasteiger partial charge is 0.394 e. The van der Waals surface area contributed by atoms with Crippen LogP contribution in [0.4, 0.5) is 0 Å². The predicted molar refractivity (Wildman–Crippen MR) is 65.8 cm³/mol. The molecule has 0 spiro atoms. The Kier molecular flexibility index (Phi) is 8.73. The molecule has 0 saturated heterocycles. The lowest BCUT2D eigenvalue weighted by Crippen LogP contribution is -2.39. The monoisotopic (exact) mass is 219 g/mol. The molecular formula is C11H25NOS. The lowest BCUT2D eigenvalue weighted by molar-refractivity contribution is 0.198. The maximum atomic E-state index is 8.94. The molecule has 0 aliphatic carbocycles. The Morgan fingerprint density at radius 2 is 1.86 bits per heavy atom. The third kappa shape index (κ3) is 8.85. The van der Waals surface area contributed by atoms with Gasteiger partial charge < -0.3 is 10.8 Å². The van der Waals surface area contributed by atoms with Crippen molar-refractivity contribution in [1.29, 1.82) is 0 Å². The number of rotatable bonds is 9. The van der Waals surface area contributed by atoms with E-state index in [0.29, 0.717) is 0 Å². The summed E-state index contributed by atoms with van der Waals surface area (Å²) in [5.74, 6) is 2.53. The minimum Gasteiger partial charge on any atom is -0.394 e. The zero-order valence-electron chi connectivity index (χ0n) is 9.59. The molecule has 0 radical (unpaired) electrons. The molecule has 14 heavy (non-hydrogen) atoms. The molecule has 0 aromatic rings. The van der Waals surface area contributed by atoms with Gasteiger partial charge in [0.25, 0.3) is 0 Å². The van der Waals surface area contributed by atoms with Crippen LogP contribution in [0, 0.1) is 0 Å². The molecule has 0 fully saturated rings. The number of thioether (sulfide) groups is 1. The van der Waals surface area contributed by atoms with Crippen molar-refractivity contribution >= 4 is 11.8 Å². The van der Waals surface area contributed by atoms with Crippen LogP contribution in [-0.2, 0) is 0 Å². The van der Waals surface area contributed by atoms with Crippen molar-refractivity contribution in [2.45, 2.75) is 51.5 Å². The molecule has 0 aliphatic rings. The molecule has 86 valence electrons. The molecule has 0 saturated carbocycles. The summed E-state index contributed by atoms with van der Waals surface area (Å²) < 4.78 is 0.